The molecule has 0 aliphatic heterocycles. The van der Waals surface area contributed by atoms with Crippen molar-refractivity contribution in [3.8, 4) is 16.3 Å². The number of aromatic nitrogens is 2. The van der Waals surface area contributed by atoms with Crippen LogP contribution in [0.1, 0.15) is 30.6 Å². The molecule has 1 aromatic heterocycles. The summed E-state index contributed by atoms with van der Waals surface area (Å²) in [5.41, 5.74) is 1.40. The predicted molar refractivity (Wildman–Crippen MR) is 110 cm³/mol. The molecular weight excluding hydrogens is 382 g/mol. The van der Waals surface area contributed by atoms with Gasteiger partial charge >= 0.3 is 0 Å². The Bertz CT molecular complexity index is 912. The fourth-order valence-corrected chi connectivity index (χ4v) is 3.68. The van der Waals surface area contributed by atoms with Crippen molar-refractivity contribution in [1.82, 2.24) is 10.2 Å². The van der Waals surface area contributed by atoms with E-state index in [4.69, 9.17) is 16.3 Å². The van der Waals surface area contributed by atoms with E-state index in [0.29, 0.717) is 28.9 Å². The fraction of sp³-hybridized carbons (Fsp3) is 0.250. The van der Waals surface area contributed by atoms with Crippen LogP contribution in [0.2, 0.25) is 5.02 Å². The van der Waals surface area contributed by atoms with Gasteiger partial charge in [0.25, 0.3) is 5.91 Å². The Balaban J connectivity index is 1.87. The summed E-state index contributed by atoms with van der Waals surface area (Å²) in [5, 5.41) is 10.3. The second-order valence-electron chi connectivity index (χ2n) is 5.78. The van der Waals surface area contributed by atoms with Gasteiger partial charge in [-0.25, -0.2) is 0 Å². The van der Waals surface area contributed by atoms with Crippen molar-refractivity contribution in [1.29, 1.82) is 0 Å². The molecule has 1 heterocycles. The lowest BCUT2D eigenvalue weighted by Gasteiger charge is -2.19. The topological polar surface area (TPSA) is 55.3 Å². The Morgan fingerprint density at radius 2 is 1.85 bits per heavy atom. The summed E-state index contributed by atoms with van der Waals surface area (Å²) >= 11 is 7.58. The quantitative estimate of drug-likeness (QED) is 0.538. The lowest BCUT2D eigenvalue weighted by Crippen LogP contribution is -2.31. The molecule has 0 radical (unpaired) electrons. The minimum Gasteiger partial charge on any atom is -0.494 e. The number of nitrogens with zero attached hydrogens (tertiary/aromatic N) is 3. The first-order valence-electron chi connectivity index (χ1n) is 8.77. The Labute approximate surface area is 167 Å². The van der Waals surface area contributed by atoms with Gasteiger partial charge in [-0.1, -0.05) is 42.0 Å². The van der Waals surface area contributed by atoms with Crippen molar-refractivity contribution in [3.05, 3.63) is 59.1 Å². The van der Waals surface area contributed by atoms with Crippen LogP contribution in [0, 0.1) is 0 Å². The van der Waals surface area contributed by atoms with Crippen molar-refractivity contribution in [2.24, 2.45) is 0 Å². The average Bonchev–Trinajstić information content (AvgIpc) is 3.16. The van der Waals surface area contributed by atoms with Crippen molar-refractivity contribution in [2.75, 3.05) is 18.1 Å². The van der Waals surface area contributed by atoms with Gasteiger partial charge in [0.2, 0.25) is 5.13 Å². The minimum absolute atomic E-state index is 0.170. The second kappa shape index (κ2) is 8.97. The molecule has 27 heavy (non-hydrogen) atoms. The number of halogens is 1. The van der Waals surface area contributed by atoms with E-state index in [-0.39, 0.29) is 5.91 Å². The largest absolute Gasteiger partial charge is 0.494 e. The standard InChI is InChI=1S/C20H20ClN3O2S/c1-3-13-24(19(25)16-7-5-6-8-17(16)21)20-23-22-18(27-20)14-9-11-15(12-10-14)26-4-2/h5-12H,3-4,13H2,1-2H3. The van der Waals surface area contributed by atoms with Gasteiger partial charge in [0.05, 0.1) is 17.2 Å². The molecule has 0 saturated heterocycles. The number of anilines is 1. The van der Waals surface area contributed by atoms with Crippen LogP contribution >= 0.6 is 22.9 Å². The normalized spacial score (nSPS) is 10.6. The van der Waals surface area contributed by atoms with E-state index >= 15 is 0 Å². The molecule has 140 valence electrons. The van der Waals surface area contributed by atoms with Gasteiger partial charge in [-0.2, -0.15) is 0 Å². The number of hydrogen-bond acceptors (Lipinski definition) is 5. The second-order valence-corrected chi connectivity index (χ2v) is 7.15. The molecule has 5 nitrogen and oxygen atoms in total. The van der Waals surface area contributed by atoms with E-state index in [1.165, 1.54) is 11.3 Å². The first-order chi connectivity index (χ1) is 13.1. The zero-order valence-corrected chi connectivity index (χ0v) is 16.8. The lowest BCUT2D eigenvalue weighted by atomic mass is 10.2. The lowest BCUT2D eigenvalue weighted by molar-refractivity contribution is 0.0987. The van der Waals surface area contributed by atoms with Crippen molar-refractivity contribution in [2.45, 2.75) is 20.3 Å². The van der Waals surface area contributed by atoms with Crippen LogP contribution in [-0.2, 0) is 0 Å². The number of benzene rings is 2. The van der Waals surface area contributed by atoms with Crippen LogP contribution in [-0.4, -0.2) is 29.3 Å². The molecular formula is C20H20ClN3O2S. The maximum Gasteiger partial charge on any atom is 0.261 e. The molecule has 1 amide bonds. The Kier molecular flexibility index (Phi) is 6.42. The monoisotopic (exact) mass is 401 g/mol. The summed E-state index contributed by atoms with van der Waals surface area (Å²) in [6, 6.07) is 14.7. The number of carbonyl (C=O) groups excluding carboxylic acids is 1. The van der Waals surface area contributed by atoms with Crippen molar-refractivity contribution in [3.63, 3.8) is 0 Å². The third-order valence-electron chi connectivity index (χ3n) is 3.85. The molecule has 0 saturated carbocycles. The smallest absolute Gasteiger partial charge is 0.261 e. The van der Waals surface area contributed by atoms with Gasteiger partial charge in [0, 0.05) is 12.1 Å². The number of amides is 1. The molecule has 2 aromatic carbocycles. The molecule has 3 aromatic rings. The zero-order chi connectivity index (χ0) is 19.2. The van der Waals surface area contributed by atoms with Crippen molar-refractivity contribution < 1.29 is 9.53 Å². The molecule has 0 aliphatic carbocycles. The van der Waals surface area contributed by atoms with E-state index < -0.39 is 0 Å². The molecule has 7 heteroatoms. The summed E-state index contributed by atoms with van der Waals surface area (Å²) in [4.78, 5) is 14.6. The maximum absolute atomic E-state index is 13.0. The highest BCUT2D eigenvalue weighted by molar-refractivity contribution is 7.18. The summed E-state index contributed by atoms with van der Waals surface area (Å²) in [7, 11) is 0. The Hall–Kier alpha value is -2.44. The highest BCUT2D eigenvalue weighted by atomic mass is 35.5. The number of rotatable bonds is 7. The summed E-state index contributed by atoms with van der Waals surface area (Å²) in [6.45, 7) is 5.13. The molecule has 0 unspecified atom stereocenters. The van der Waals surface area contributed by atoms with Gasteiger partial charge < -0.3 is 4.74 Å². The van der Waals surface area contributed by atoms with E-state index in [2.05, 4.69) is 10.2 Å². The van der Waals surface area contributed by atoms with Crippen molar-refractivity contribution >= 4 is 34.0 Å². The van der Waals surface area contributed by atoms with Gasteiger partial charge in [-0.15, -0.1) is 10.2 Å². The molecule has 0 N–H and O–H groups in total. The van der Waals surface area contributed by atoms with Gasteiger partial charge in [0.15, 0.2) is 0 Å². The Morgan fingerprint density at radius 1 is 1.11 bits per heavy atom. The summed E-state index contributed by atoms with van der Waals surface area (Å²) in [6.07, 6.45) is 0.800. The van der Waals surface area contributed by atoms with Crippen LogP contribution in [0.25, 0.3) is 10.6 Å². The number of ether oxygens (including phenoxy) is 1. The Morgan fingerprint density at radius 3 is 2.52 bits per heavy atom. The SMILES string of the molecule is CCCN(C(=O)c1ccccc1Cl)c1nnc(-c2ccc(OCC)cc2)s1. The summed E-state index contributed by atoms with van der Waals surface area (Å²) in [5.74, 6) is 0.643. The van der Waals surface area contributed by atoms with E-state index in [1.807, 2.05) is 38.1 Å². The molecule has 0 aliphatic rings. The van der Waals surface area contributed by atoms with E-state index in [1.54, 1.807) is 29.2 Å². The number of carbonyl (C=O) groups is 1. The van der Waals surface area contributed by atoms with E-state index in [9.17, 15) is 4.79 Å². The third-order valence-corrected chi connectivity index (χ3v) is 5.18. The third kappa shape index (κ3) is 4.46. The van der Waals surface area contributed by atoms with Crippen LogP contribution in [0.5, 0.6) is 5.75 Å². The van der Waals surface area contributed by atoms with Crippen LogP contribution < -0.4 is 9.64 Å². The number of hydrogen-bond donors (Lipinski definition) is 0. The van der Waals surface area contributed by atoms with Gasteiger partial charge in [0.1, 0.15) is 10.8 Å². The first-order valence-corrected chi connectivity index (χ1v) is 9.96. The highest BCUT2D eigenvalue weighted by Gasteiger charge is 2.23. The fourth-order valence-electron chi connectivity index (χ4n) is 2.59. The van der Waals surface area contributed by atoms with Crippen LogP contribution in [0.4, 0.5) is 5.13 Å². The van der Waals surface area contributed by atoms with E-state index in [0.717, 1.165) is 22.7 Å². The zero-order valence-electron chi connectivity index (χ0n) is 15.2. The van der Waals surface area contributed by atoms with Crippen LogP contribution in [0.3, 0.4) is 0 Å². The average molecular weight is 402 g/mol. The summed E-state index contributed by atoms with van der Waals surface area (Å²) < 4.78 is 5.47. The molecule has 0 fully saturated rings. The molecule has 0 bridgehead atoms. The van der Waals surface area contributed by atoms with Crippen LogP contribution in [0.15, 0.2) is 48.5 Å². The molecule has 3 rings (SSSR count). The maximum atomic E-state index is 13.0. The first kappa shape index (κ1) is 19.3. The molecule has 0 spiro atoms. The molecule has 0 atom stereocenters. The van der Waals surface area contributed by atoms with Gasteiger partial charge in [-0.05, 0) is 49.7 Å². The van der Waals surface area contributed by atoms with Gasteiger partial charge in [-0.3, -0.25) is 9.69 Å². The highest BCUT2D eigenvalue weighted by Crippen LogP contribution is 2.31. The minimum atomic E-state index is -0.170. The predicted octanol–water partition coefficient (Wildman–Crippen LogP) is 5.31.